The number of hydrogen-bond donors (Lipinski definition) is 1. The van der Waals surface area contributed by atoms with Crippen LogP contribution in [0.4, 0.5) is 5.69 Å². The van der Waals surface area contributed by atoms with Gasteiger partial charge in [-0.25, -0.2) is 0 Å². The molecule has 0 unspecified atom stereocenters. The first-order valence-corrected chi connectivity index (χ1v) is 9.23. The van der Waals surface area contributed by atoms with Crippen LogP contribution in [0.15, 0.2) is 64.6 Å². The normalized spacial score (nSPS) is 11.8. The minimum absolute atomic E-state index is 0.135. The molecule has 0 saturated heterocycles. The molecule has 25 heavy (non-hydrogen) atoms. The Morgan fingerprint density at radius 3 is 2.84 bits per heavy atom. The topological polar surface area (TPSA) is 37.6 Å². The highest BCUT2D eigenvalue weighted by molar-refractivity contribution is 7.80. The van der Waals surface area contributed by atoms with Crippen molar-refractivity contribution in [2.45, 2.75) is 19.5 Å². The molecule has 6 heteroatoms. The molecule has 2 heterocycles. The molecule has 1 aromatic carbocycles. The first-order valence-electron chi connectivity index (χ1n) is 7.95. The van der Waals surface area contributed by atoms with Gasteiger partial charge in [-0.1, -0.05) is 12.1 Å². The fourth-order valence-corrected chi connectivity index (χ4v) is 3.67. The molecule has 0 spiro atoms. The van der Waals surface area contributed by atoms with Gasteiger partial charge in [-0.3, -0.25) is 0 Å². The molecular formula is C19H20N2O2S2. The van der Waals surface area contributed by atoms with Crippen LogP contribution in [-0.4, -0.2) is 17.1 Å². The predicted octanol–water partition coefficient (Wildman–Crippen LogP) is 5.31. The van der Waals surface area contributed by atoms with Crippen LogP contribution in [0.3, 0.4) is 0 Å². The standard InChI is InChI=1S/C19H20N2O2S2/c1-14(18-9-5-11-25-18)21(13-17-8-4-10-23-17)19(24)20-15-6-3-7-16(12-15)22-2/h3-12,14H,13H2,1-2H3,(H,20,24)/t14-/m1/s1. The molecule has 130 valence electrons. The number of nitrogens with one attached hydrogen (secondary N) is 1. The third-order valence-electron chi connectivity index (χ3n) is 3.91. The van der Waals surface area contributed by atoms with Crippen molar-refractivity contribution in [3.8, 4) is 5.75 Å². The maximum Gasteiger partial charge on any atom is 0.174 e. The fourth-order valence-electron chi connectivity index (χ4n) is 2.53. The zero-order chi connectivity index (χ0) is 17.6. The lowest BCUT2D eigenvalue weighted by Gasteiger charge is -2.30. The highest BCUT2D eigenvalue weighted by Gasteiger charge is 2.21. The van der Waals surface area contributed by atoms with E-state index in [2.05, 4.69) is 34.7 Å². The second-order valence-electron chi connectivity index (χ2n) is 5.56. The summed E-state index contributed by atoms with van der Waals surface area (Å²) in [4.78, 5) is 3.38. The summed E-state index contributed by atoms with van der Waals surface area (Å²) in [5.41, 5.74) is 0.896. The van der Waals surface area contributed by atoms with Crippen LogP contribution in [0.2, 0.25) is 0 Å². The number of hydrogen-bond acceptors (Lipinski definition) is 4. The molecule has 0 radical (unpaired) electrons. The smallest absolute Gasteiger partial charge is 0.174 e. The van der Waals surface area contributed by atoms with E-state index in [0.717, 1.165) is 17.2 Å². The lowest BCUT2D eigenvalue weighted by atomic mass is 10.2. The Bertz CT molecular complexity index is 801. The SMILES string of the molecule is COc1cccc(NC(=S)N(Cc2ccco2)[C@H](C)c2cccs2)c1. The van der Waals surface area contributed by atoms with Crippen molar-refractivity contribution in [3.63, 3.8) is 0 Å². The van der Waals surface area contributed by atoms with Crippen molar-refractivity contribution < 1.29 is 9.15 Å². The van der Waals surface area contributed by atoms with E-state index in [4.69, 9.17) is 21.4 Å². The van der Waals surface area contributed by atoms with Crippen molar-refractivity contribution in [1.82, 2.24) is 4.90 Å². The zero-order valence-electron chi connectivity index (χ0n) is 14.1. The molecule has 0 aliphatic heterocycles. The monoisotopic (exact) mass is 372 g/mol. The summed E-state index contributed by atoms with van der Waals surface area (Å²) < 4.78 is 10.8. The number of rotatable bonds is 6. The number of thiophene rings is 1. The molecule has 0 aliphatic carbocycles. The molecule has 0 fully saturated rings. The highest BCUT2D eigenvalue weighted by atomic mass is 32.1. The van der Waals surface area contributed by atoms with E-state index in [1.54, 1.807) is 24.7 Å². The Balaban J connectivity index is 1.80. The summed E-state index contributed by atoms with van der Waals surface area (Å²) in [6, 6.07) is 15.9. The van der Waals surface area contributed by atoms with Crippen molar-refractivity contribution in [2.75, 3.05) is 12.4 Å². The maximum atomic E-state index is 5.70. The molecule has 2 aromatic heterocycles. The second kappa shape index (κ2) is 8.18. The van der Waals surface area contributed by atoms with Gasteiger partial charge in [0.2, 0.25) is 0 Å². The van der Waals surface area contributed by atoms with Crippen LogP contribution in [0.1, 0.15) is 23.6 Å². The summed E-state index contributed by atoms with van der Waals surface area (Å²) in [6.07, 6.45) is 1.68. The van der Waals surface area contributed by atoms with E-state index in [0.29, 0.717) is 11.7 Å². The molecule has 0 aliphatic rings. The third kappa shape index (κ3) is 4.41. The predicted molar refractivity (Wildman–Crippen MR) is 106 cm³/mol. The first-order chi connectivity index (χ1) is 12.2. The molecule has 3 aromatic rings. The number of anilines is 1. The molecular weight excluding hydrogens is 352 g/mol. The van der Waals surface area contributed by atoms with E-state index in [9.17, 15) is 0 Å². The lowest BCUT2D eigenvalue weighted by molar-refractivity contribution is 0.306. The van der Waals surface area contributed by atoms with Gasteiger partial charge < -0.3 is 19.4 Å². The molecule has 1 atom stereocenters. The van der Waals surface area contributed by atoms with E-state index < -0.39 is 0 Å². The number of thiocarbonyl (C=S) groups is 1. The van der Waals surface area contributed by atoms with Crippen LogP contribution >= 0.6 is 23.6 Å². The van der Waals surface area contributed by atoms with Gasteiger partial charge in [0.15, 0.2) is 5.11 Å². The van der Waals surface area contributed by atoms with E-state index in [1.807, 2.05) is 36.4 Å². The number of furan rings is 1. The van der Waals surface area contributed by atoms with Crippen molar-refractivity contribution in [3.05, 3.63) is 70.8 Å². The van der Waals surface area contributed by atoms with Gasteiger partial charge in [-0.05, 0) is 54.9 Å². The Labute approximate surface area is 157 Å². The summed E-state index contributed by atoms with van der Waals surface area (Å²) in [5, 5.41) is 6.04. The van der Waals surface area contributed by atoms with Gasteiger partial charge >= 0.3 is 0 Å². The van der Waals surface area contributed by atoms with Gasteiger partial charge in [0.1, 0.15) is 11.5 Å². The van der Waals surface area contributed by atoms with E-state index >= 15 is 0 Å². The largest absolute Gasteiger partial charge is 0.497 e. The summed E-state index contributed by atoms with van der Waals surface area (Å²) in [7, 11) is 1.65. The van der Waals surface area contributed by atoms with Crippen LogP contribution < -0.4 is 10.1 Å². The fraction of sp³-hybridized carbons (Fsp3) is 0.211. The molecule has 3 rings (SSSR count). The molecule has 4 nitrogen and oxygen atoms in total. The molecule has 0 bridgehead atoms. The first kappa shape index (κ1) is 17.5. The van der Waals surface area contributed by atoms with Gasteiger partial charge in [0.05, 0.1) is 26.0 Å². The maximum absolute atomic E-state index is 5.70. The van der Waals surface area contributed by atoms with E-state index in [1.165, 1.54) is 4.88 Å². The van der Waals surface area contributed by atoms with Crippen molar-refractivity contribution >= 4 is 34.4 Å². The lowest BCUT2D eigenvalue weighted by Crippen LogP contribution is -2.36. The molecule has 0 saturated carbocycles. The van der Waals surface area contributed by atoms with Gasteiger partial charge in [-0.15, -0.1) is 11.3 Å². The number of methoxy groups -OCH3 is 1. The Morgan fingerprint density at radius 2 is 2.16 bits per heavy atom. The van der Waals surface area contributed by atoms with Crippen LogP contribution in [0.25, 0.3) is 0 Å². The van der Waals surface area contributed by atoms with E-state index in [-0.39, 0.29) is 6.04 Å². The van der Waals surface area contributed by atoms with Crippen molar-refractivity contribution in [1.29, 1.82) is 0 Å². The molecule has 1 N–H and O–H groups in total. The number of ether oxygens (including phenoxy) is 1. The van der Waals surface area contributed by atoms with Crippen LogP contribution in [0, 0.1) is 0 Å². The van der Waals surface area contributed by atoms with Crippen molar-refractivity contribution in [2.24, 2.45) is 0 Å². The summed E-state index contributed by atoms with van der Waals surface area (Å²) in [6.45, 7) is 2.75. The average molecular weight is 373 g/mol. The molecule has 0 amide bonds. The quantitative estimate of drug-likeness (QED) is 0.594. The van der Waals surface area contributed by atoms with Gasteiger partial charge in [-0.2, -0.15) is 0 Å². The number of benzene rings is 1. The second-order valence-corrected chi connectivity index (χ2v) is 6.93. The highest BCUT2D eigenvalue weighted by Crippen LogP contribution is 2.27. The number of nitrogens with zero attached hydrogens (tertiary/aromatic N) is 1. The minimum Gasteiger partial charge on any atom is -0.497 e. The van der Waals surface area contributed by atoms with Gasteiger partial charge in [0, 0.05) is 16.6 Å². The zero-order valence-corrected chi connectivity index (χ0v) is 15.8. The Morgan fingerprint density at radius 1 is 1.28 bits per heavy atom. The summed E-state index contributed by atoms with van der Waals surface area (Å²) in [5.74, 6) is 1.66. The van der Waals surface area contributed by atoms with Gasteiger partial charge in [0.25, 0.3) is 0 Å². The van der Waals surface area contributed by atoms with Crippen LogP contribution in [0.5, 0.6) is 5.75 Å². The Kier molecular flexibility index (Phi) is 5.73. The Hall–Kier alpha value is -2.31. The summed E-state index contributed by atoms with van der Waals surface area (Å²) >= 11 is 7.42. The van der Waals surface area contributed by atoms with Crippen LogP contribution in [-0.2, 0) is 6.54 Å². The minimum atomic E-state index is 0.135. The average Bonchev–Trinajstić information content (AvgIpc) is 3.33. The third-order valence-corrected chi connectivity index (χ3v) is 5.29.